The van der Waals surface area contributed by atoms with Crippen molar-refractivity contribution in [3.63, 3.8) is 0 Å². The third-order valence-corrected chi connectivity index (χ3v) is 4.22. The second-order valence-electron chi connectivity index (χ2n) is 4.45. The lowest BCUT2D eigenvalue weighted by atomic mass is 10.1. The van der Waals surface area contributed by atoms with Crippen LogP contribution in [0.3, 0.4) is 0 Å². The maximum atomic E-state index is 12.4. The SMILES string of the molecule is CCOC(=O)c1c(NN)sc(C(=O)Nc2ccccc2)c1C. The minimum atomic E-state index is -0.497. The highest BCUT2D eigenvalue weighted by Crippen LogP contribution is 2.33. The Hall–Kier alpha value is -2.38. The van der Waals surface area contributed by atoms with Crippen molar-refractivity contribution in [2.45, 2.75) is 13.8 Å². The first-order chi connectivity index (χ1) is 10.6. The number of carbonyl (C=O) groups is 2. The van der Waals surface area contributed by atoms with E-state index < -0.39 is 5.97 Å². The van der Waals surface area contributed by atoms with Gasteiger partial charge in [0.2, 0.25) is 0 Å². The molecule has 4 N–H and O–H groups in total. The van der Waals surface area contributed by atoms with Crippen molar-refractivity contribution in [3.8, 4) is 0 Å². The number of thiophene rings is 1. The number of esters is 1. The maximum absolute atomic E-state index is 12.4. The van der Waals surface area contributed by atoms with Crippen LogP contribution in [0.4, 0.5) is 10.7 Å². The number of para-hydroxylation sites is 1. The van der Waals surface area contributed by atoms with E-state index in [1.165, 1.54) is 0 Å². The van der Waals surface area contributed by atoms with Crippen molar-refractivity contribution in [3.05, 3.63) is 46.3 Å². The summed E-state index contributed by atoms with van der Waals surface area (Å²) in [5.41, 5.74) is 3.98. The Morgan fingerprint density at radius 2 is 1.95 bits per heavy atom. The van der Waals surface area contributed by atoms with Crippen molar-refractivity contribution in [1.29, 1.82) is 0 Å². The predicted octanol–water partition coefficient (Wildman–Crippen LogP) is 2.77. The molecule has 0 atom stereocenters. The second kappa shape index (κ2) is 7.06. The number of benzene rings is 1. The predicted molar refractivity (Wildman–Crippen MR) is 87.2 cm³/mol. The van der Waals surface area contributed by atoms with Crippen LogP contribution in [0.25, 0.3) is 0 Å². The molecule has 0 spiro atoms. The summed E-state index contributed by atoms with van der Waals surface area (Å²) < 4.78 is 5.00. The number of nitrogens with two attached hydrogens (primary N) is 1. The highest BCUT2D eigenvalue weighted by Gasteiger charge is 2.25. The van der Waals surface area contributed by atoms with Crippen molar-refractivity contribution in [2.75, 3.05) is 17.3 Å². The fraction of sp³-hybridized carbons (Fsp3) is 0.200. The number of rotatable bonds is 5. The van der Waals surface area contributed by atoms with Gasteiger partial charge in [0, 0.05) is 5.69 Å². The number of anilines is 2. The van der Waals surface area contributed by atoms with Crippen LogP contribution < -0.4 is 16.6 Å². The van der Waals surface area contributed by atoms with E-state index in [4.69, 9.17) is 10.6 Å². The van der Waals surface area contributed by atoms with Gasteiger partial charge in [0.15, 0.2) is 0 Å². The molecule has 0 aliphatic heterocycles. The smallest absolute Gasteiger partial charge is 0.341 e. The van der Waals surface area contributed by atoms with Gasteiger partial charge in [-0.2, -0.15) is 0 Å². The van der Waals surface area contributed by atoms with Gasteiger partial charge < -0.3 is 15.5 Å². The van der Waals surface area contributed by atoms with E-state index in [0.29, 0.717) is 26.7 Å². The summed E-state index contributed by atoms with van der Waals surface area (Å²) in [6, 6.07) is 9.09. The van der Waals surface area contributed by atoms with Crippen LogP contribution in [-0.2, 0) is 4.74 Å². The van der Waals surface area contributed by atoms with E-state index in [9.17, 15) is 9.59 Å². The van der Waals surface area contributed by atoms with Crippen LogP contribution in [-0.4, -0.2) is 18.5 Å². The summed E-state index contributed by atoms with van der Waals surface area (Å²) in [4.78, 5) is 24.8. The molecular weight excluding hydrogens is 302 g/mol. The van der Waals surface area contributed by atoms with Crippen molar-refractivity contribution in [1.82, 2.24) is 0 Å². The van der Waals surface area contributed by atoms with Crippen molar-refractivity contribution < 1.29 is 14.3 Å². The van der Waals surface area contributed by atoms with Gasteiger partial charge in [-0.05, 0) is 31.5 Å². The largest absolute Gasteiger partial charge is 0.462 e. The van der Waals surface area contributed by atoms with E-state index in [1.807, 2.05) is 18.2 Å². The fourth-order valence-electron chi connectivity index (χ4n) is 1.99. The Kier molecular flexibility index (Phi) is 5.13. The molecule has 0 radical (unpaired) electrons. The number of hydrazine groups is 1. The Balaban J connectivity index is 2.31. The Morgan fingerprint density at radius 3 is 2.55 bits per heavy atom. The van der Waals surface area contributed by atoms with Gasteiger partial charge in [-0.3, -0.25) is 4.79 Å². The molecule has 1 heterocycles. The third-order valence-electron chi connectivity index (χ3n) is 3.00. The third kappa shape index (κ3) is 3.26. The van der Waals surface area contributed by atoms with Crippen LogP contribution in [0.15, 0.2) is 30.3 Å². The minimum Gasteiger partial charge on any atom is -0.462 e. The van der Waals surface area contributed by atoms with Crippen LogP contribution in [0.2, 0.25) is 0 Å². The van der Waals surface area contributed by atoms with Crippen LogP contribution in [0.1, 0.15) is 32.5 Å². The number of hydrogen-bond donors (Lipinski definition) is 3. The molecule has 22 heavy (non-hydrogen) atoms. The summed E-state index contributed by atoms with van der Waals surface area (Å²) >= 11 is 1.12. The Labute approximate surface area is 132 Å². The molecule has 6 nitrogen and oxygen atoms in total. The molecule has 0 saturated carbocycles. The summed E-state index contributed by atoms with van der Waals surface area (Å²) in [5, 5.41) is 3.20. The highest BCUT2D eigenvalue weighted by atomic mass is 32.1. The molecule has 0 aliphatic carbocycles. The van der Waals surface area contributed by atoms with Gasteiger partial charge in [0.1, 0.15) is 5.00 Å². The molecule has 0 aliphatic rings. The number of carbonyl (C=O) groups excluding carboxylic acids is 2. The number of amides is 1. The van der Waals surface area contributed by atoms with Gasteiger partial charge in [-0.1, -0.05) is 18.2 Å². The molecule has 2 aromatic rings. The standard InChI is InChI=1S/C15H17N3O3S/c1-3-21-15(20)11-9(2)12(22-14(11)18-16)13(19)17-10-7-5-4-6-8-10/h4-8,18H,3,16H2,1-2H3,(H,17,19). The molecule has 116 valence electrons. The van der Waals surface area contributed by atoms with Crippen LogP contribution in [0.5, 0.6) is 0 Å². The zero-order valence-electron chi connectivity index (χ0n) is 12.3. The molecular formula is C15H17N3O3S. The number of nitrogens with one attached hydrogen (secondary N) is 2. The lowest BCUT2D eigenvalue weighted by Crippen LogP contribution is -2.13. The molecule has 7 heteroatoms. The maximum Gasteiger partial charge on any atom is 0.341 e. The molecule has 1 aromatic carbocycles. The van der Waals surface area contributed by atoms with E-state index >= 15 is 0 Å². The molecule has 2 rings (SSSR count). The molecule has 0 bridgehead atoms. The zero-order valence-corrected chi connectivity index (χ0v) is 13.1. The number of nitrogen functional groups attached to an aromatic ring is 1. The van der Waals surface area contributed by atoms with Gasteiger partial charge in [-0.15, -0.1) is 11.3 Å². The van der Waals surface area contributed by atoms with E-state index in [-0.39, 0.29) is 12.5 Å². The van der Waals surface area contributed by atoms with Crippen molar-refractivity contribution in [2.24, 2.45) is 5.84 Å². The lowest BCUT2D eigenvalue weighted by molar-refractivity contribution is 0.0527. The first-order valence-corrected chi connectivity index (χ1v) is 7.53. The van der Waals surface area contributed by atoms with E-state index in [0.717, 1.165) is 11.3 Å². The normalized spacial score (nSPS) is 10.1. The summed E-state index contributed by atoms with van der Waals surface area (Å²) in [6.07, 6.45) is 0. The van der Waals surface area contributed by atoms with E-state index in [2.05, 4.69) is 10.7 Å². The first-order valence-electron chi connectivity index (χ1n) is 6.72. The summed E-state index contributed by atoms with van der Waals surface area (Å²) in [7, 11) is 0. The van der Waals surface area contributed by atoms with Gasteiger partial charge in [0.25, 0.3) is 5.91 Å². The Morgan fingerprint density at radius 1 is 1.27 bits per heavy atom. The van der Waals surface area contributed by atoms with Gasteiger partial charge in [0.05, 0.1) is 17.0 Å². The molecule has 1 amide bonds. The Bertz CT molecular complexity index is 683. The summed E-state index contributed by atoms with van der Waals surface area (Å²) in [6.45, 7) is 3.67. The topological polar surface area (TPSA) is 93.4 Å². The van der Waals surface area contributed by atoms with Gasteiger partial charge >= 0.3 is 5.97 Å². The average Bonchev–Trinajstić information content (AvgIpc) is 2.85. The molecule has 0 unspecified atom stereocenters. The number of hydrogen-bond acceptors (Lipinski definition) is 6. The van der Waals surface area contributed by atoms with Crippen LogP contribution in [0, 0.1) is 6.92 Å². The van der Waals surface area contributed by atoms with Crippen molar-refractivity contribution >= 4 is 33.9 Å². The van der Waals surface area contributed by atoms with Gasteiger partial charge in [-0.25, -0.2) is 10.6 Å². The first kappa shape index (κ1) is 16.0. The molecule has 0 fully saturated rings. The molecule has 0 saturated heterocycles. The van der Waals surface area contributed by atoms with E-state index in [1.54, 1.807) is 26.0 Å². The van der Waals surface area contributed by atoms with Crippen LogP contribution >= 0.6 is 11.3 Å². The molecule has 1 aromatic heterocycles. The summed E-state index contributed by atoms with van der Waals surface area (Å²) in [5.74, 6) is 4.65. The number of ether oxygens (including phenoxy) is 1. The minimum absolute atomic E-state index is 0.254. The zero-order chi connectivity index (χ0) is 16.1. The monoisotopic (exact) mass is 319 g/mol. The highest BCUT2D eigenvalue weighted by molar-refractivity contribution is 7.18. The lowest BCUT2D eigenvalue weighted by Gasteiger charge is -2.05. The second-order valence-corrected chi connectivity index (χ2v) is 5.47. The fourth-order valence-corrected chi connectivity index (χ4v) is 2.99. The quantitative estimate of drug-likeness (QED) is 0.447. The average molecular weight is 319 g/mol.